The molecule has 0 saturated heterocycles. The molecule has 0 saturated carbocycles. The molecule has 4 nitrogen and oxygen atoms in total. The lowest BCUT2D eigenvalue weighted by Gasteiger charge is -2.05. The fraction of sp³-hybridized carbons (Fsp3) is 0.0556. The Morgan fingerprint density at radius 2 is 1.64 bits per heavy atom. The van der Waals surface area contributed by atoms with Crippen molar-refractivity contribution in [3.8, 4) is 17.4 Å². The number of ether oxygens (including phenoxy) is 1. The number of aliphatic imine (C=N–C) groups is 1. The first-order valence-electron chi connectivity index (χ1n) is 6.87. The Kier molecular flexibility index (Phi) is 3.92. The Morgan fingerprint density at radius 1 is 0.955 bits per heavy atom. The Hall–Kier alpha value is -3.01. The van der Waals surface area contributed by atoms with E-state index in [2.05, 4.69) is 4.99 Å². The first-order chi connectivity index (χ1) is 10.7. The summed E-state index contributed by atoms with van der Waals surface area (Å²) in [7, 11) is 0. The van der Waals surface area contributed by atoms with Gasteiger partial charge in [0.2, 0.25) is 0 Å². The molecule has 1 aromatic heterocycles. The summed E-state index contributed by atoms with van der Waals surface area (Å²) in [6.07, 6.45) is 1.43. The fourth-order valence-electron chi connectivity index (χ4n) is 2.04. The van der Waals surface area contributed by atoms with Crippen molar-refractivity contribution in [2.45, 2.75) is 6.92 Å². The molecular formula is C18H15NO3. The van der Waals surface area contributed by atoms with Crippen LogP contribution in [0.4, 0.5) is 5.69 Å². The summed E-state index contributed by atoms with van der Waals surface area (Å²) in [5.74, 6) is 1.41. The minimum Gasteiger partial charge on any atom is -0.480 e. The second kappa shape index (κ2) is 6.18. The van der Waals surface area contributed by atoms with Crippen LogP contribution >= 0.6 is 0 Å². The van der Waals surface area contributed by atoms with Gasteiger partial charge in [0, 0.05) is 0 Å². The maximum atomic E-state index is 9.54. The number of aromatic hydroxyl groups is 1. The molecule has 0 amide bonds. The van der Waals surface area contributed by atoms with Crippen LogP contribution in [-0.4, -0.2) is 10.8 Å². The third kappa shape index (κ3) is 3.17. The van der Waals surface area contributed by atoms with Gasteiger partial charge in [-0.2, -0.15) is 0 Å². The van der Waals surface area contributed by atoms with Crippen LogP contribution in [0.2, 0.25) is 0 Å². The first kappa shape index (κ1) is 13.9. The predicted octanol–water partition coefficient (Wildman–Crippen LogP) is 4.92. The van der Waals surface area contributed by atoms with Crippen LogP contribution in [-0.2, 0) is 0 Å². The monoisotopic (exact) mass is 293 g/mol. The van der Waals surface area contributed by atoms with Crippen molar-refractivity contribution in [1.29, 1.82) is 0 Å². The molecule has 0 unspecified atom stereocenters. The molecule has 0 fully saturated rings. The van der Waals surface area contributed by atoms with Crippen LogP contribution in [0, 0.1) is 0 Å². The lowest BCUT2D eigenvalue weighted by molar-refractivity contribution is 0.332. The molecule has 0 aliphatic heterocycles. The summed E-state index contributed by atoms with van der Waals surface area (Å²) < 4.78 is 10.6. The summed E-state index contributed by atoms with van der Waals surface area (Å²) in [5, 5.41) is 9.54. The first-order valence-corrected chi connectivity index (χ1v) is 6.87. The molecule has 3 aromatic rings. The molecular weight excluding hydrogens is 278 g/mol. The maximum Gasteiger partial charge on any atom is 0.291 e. The minimum atomic E-state index is -0.120. The molecule has 0 radical (unpaired) electrons. The number of hydrogen-bond donors (Lipinski definition) is 1. The number of furan rings is 1. The molecule has 2 aromatic carbocycles. The molecule has 1 N–H and O–H groups in total. The van der Waals surface area contributed by atoms with E-state index in [-0.39, 0.29) is 5.95 Å². The summed E-state index contributed by atoms with van der Waals surface area (Å²) in [6.45, 7) is 1.82. The lowest BCUT2D eigenvalue weighted by atomic mass is 10.2. The van der Waals surface area contributed by atoms with E-state index in [1.807, 2.05) is 61.5 Å². The second-order valence-electron chi connectivity index (χ2n) is 4.75. The highest BCUT2D eigenvalue weighted by molar-refractivity contribution is 6.01. The Bertz CT molecular complexity index is 774. The van der Waals surface area contributed by atoms with Crippen molar-refractivity contribution >= 4 is 11.4 Å². The highest BCUT2D eigenvalue weighted by atomic mass is 16.5. The summed E-state index contributed by atoms with van der Waals surface area (Å²) in [6, 6.07) is 18.7. The molecule has 0 aliphatic rings. The van der Waals surface area contributed by atoms with E-state index in [0.29, 0.717) is 11.3 Å². The van der Waals surface area contributed by atoms with Crippen molar-refractivity contribution in [1.82, 2.24) is 0 Å². The van der Waals surface area contributed by atoms with E-state index in [1.54, 1.807) is 6.07 Å². The van der Waals surface area contributed by atoms with Crippen LogP contribution in [0.25, 0.3) is 0 Å². The molecule has 0 spiro atoms. The molecule has 4 heteroatoms. The normalized spacial score (nSPS) is 11.4. The number of benzene rings is 2. The molecule has 1 heterocycles. The fourth-order valence-corrected chi connectivity index (χ4v) is 2.04. The Balaban J connectivity index is 1.76. The maximum absolute atomic E-state index is 9.54. The van der Waals surface area contributed by atoms with E-state index >= 15 is 0 Å². The third-order valence-electron chi connectivity index (χ3n) is 3.15. The van der Waals surface area contributed by atoms with Gasteiger partial charge in [0.05, 0.1) is 23.2 Å². The standard InChI is InChI=1S/C18H15NO3/c1-13(17-11-12-21-18(17)20)19-14-7-9-16(10-8-14)22-15-5-3-2-4-6-15/h2-12,20H,1H3. The van der Waals surface area contributed by atoms with Gasteiger partial charge in [-0.1, -0.05) is 18.2 Å². The van der Waals surface area contributed by atoms with Gasteiger partial charge in [0.15, 0.2) is 0 Å². The largest absolute Gasteiger partial charge is 0.480 e. The lowest BCUT2D eigenvalue weighted by Crippen LogP contribution is -1.91. The van der Waals surface area contributed by atoms with E-state index in [1.165, 1.54) is 6.26 Å². The predicted molar refractivity (Wildman–Crippen MR) is 85.2 cm³/mol. The van der Waals surface area contributed by atoms with Crippen molar-refractivity contribution in [3.63, 3.8) is 0 Å². The second-order valence-corrected chi connectivity index (χ2v) is 4.75. The summed E-state index contributed by atoms with van der Waals surface area (Å²) in [5.41, 5.74) is 2.05. The van der Waals surface area contributed by atoms with E-state index < -0.39 is 0 Å². The van der Waals surface area contributed by atoms with Crippen LogP contribution in [0.5, 0.6) is 17.4 Å². The molecule has 0 bridgehead atoms. The van der Waals surface area contributed by atoms with Gasteiger partial charge in [0.1, 0.15) is 11.5 Å². The Morgan fingerprint density at radius 3 is 2.27 bits per heavy atom. The van der Waals surface area contributed by atoms with E-state index in [9.17, 15) is 5.11 Å². The number of rotatable bonds is 4. The van der Waals surface area contributed by atoms with Gasteiger partial charge < -0.3 is 14.3 Å². The van der Waals surface area contributed by atoms with E-state index in [0.717, 1.165) is 17.2 Å². The topological polar surface area (TPSA) is 55.0 Å². The van der Waals surface area contributed by atoms with Crippen LogP contribution in [0.3, 0.4) is 0 Å². The molecule has 0 aliphatic carbocycles. The van der Waals surface area contributed by atoms with Gasteiger partial charge in [-0.15, -0.1) is 0 Å². The number of nitrogens with zero attached hydrogens (tertiary/aromatic N) is 1. The van der Waals surface area contributed by atoms with Crippen molar-refractivity contribution in [2.75, 3.05) is 0 Å². The Labute approximate surface area is 128 Å². The summed E-state index contributed by atoms with van der Waals surface area (Å²) >= 11 is 0. The van der Waals surface area contributed by atoms with E-state index in [4.69, 9.17) is 9.15 Å². The zero-order valence-corrected chi connectivity index (χ0v) is 12.1. The van der Waals surface area contributed by atoms with Gasteiger partial charge in [0.25, 0.3) is 5.95 Å². The molecule has 3 rings (SSSR count). The smallest absolute Gasteiger partial charge is 0.291 e. The molecule has 0 atom stereocenters. The minimum absolute atomic E-state index is 0.120. The highest BCUT2D eigenvalue weighted by Gasteiger charge is 2.07. The van der Waals surface area contributed by atoms with Crippen molar-refractivity contribution in [3.05, 3.63) is 72.5 Å². The summed E-state index contributed by atoms with van der Waals surface area (Å²) in [4.78, 5) is 4.45. The van der Waals surface area contributed by atoms with Crippen LogP contribution in [0.15, 0.2) is 76.3 Å². The molecule has 110 valence electrons. The van der Waals surface area contributed by atoms with Crippen LogP contribution < -0.4 is 4.74 Å². The van der Waals surface area contributed by atoms with Gasteiger partial charge in [-0.25, -0.2) is 0 Å². The van der Waals surface area contributed by atoms with Gasteiger partial charge in [-0.05, 0) is 49.4 Å². The number of hydrogen-bond acceptors (Lipinski definition) is 4. The zero-order chi connectivity index (χ0) is 15.4. The van der Waals surface area contributed by atoms with Gasteiger partial charge >= 0.3 is 0 Å². The third-order valence-corrected chi connectivity index (χ3v) is 3.15. The van der Waals surface area contributed by atoms with Crippen molar-refractivity contribution < 1.29 is 14.3 Å². The average Bonchev–Trinajstić information content (AvgIpc) is 2.96. The van der Waals surface area contributed by atoms with Crippen LogP contribution in [0.1, 0.15) is 12.5 Å². The average molecular weight is 293 g/mol. The molecule has 22 heavy (non-hydrogen) atoms. The highest BCUT2D eigenvalue weighted by Crippen LogP contribution is 2.25. The van der Waals surface area contributed by atoms with Gasteiger partial charge in [-0.3, -0.25) is 4.99 Å². The van der Waals surface area contributed by atoms with Crippen molar-refractivity contribution in [2.24, 2.45) is 4.99 Å². The SMILES string of the molecule is CC(=Nc1ccc(Oc2ccccc2)cc1)c1ccoc1O. The number of para-hydroxylation sites is 1. The quantitative estimate of drug-likeness (QED) is 0.695. The zero-order valence-electron chi connectivity index (χ0n) is 12.1.